The Morgan fingerprint density at radius 2 is 2.00 bits per heavy atom. The van der Waals surface area contributed by atoms with Gasteiger partial charge < -0.3 is 9.47 Å². The van der Waals surface area contributed by atoms with Crippen molar-refractivity contribution in [3.8, 4) is 0 Å². The summed E-state index contributed by atoms with van der Waals surface area (Å²) in [6, 6.07) is 0. The molecular weight excluding hydrogens is 152 g/mol. The van der Waals surface area contributed by atoms with Gasteiger partial charge in [0.25, 0.3) is 0 Å². The van der Waals surface area contributed by atoms with Crippen LogP contribution < -0.4 is 0 Å². The highest BCUT2D eigenvalue weighted by atomic mass is 35.5. The molecule has 0 spiro atoms. The van der Waals surface area contributed by atoms with Crippen molar-refractivity contribution in [3.05, 3.63) is 0 Å². The maximum Gasteiger partial charge on any atom is 0.163 e. The van der Waals surface area contributed by atoms with Crippen LogP contribution in [0.5, 0.6) is 0 Å². The molecule has 1 rings (SSSR count). The average Bonchev–Trinajstić information content (AvgIpc) is 2.05. The summed E-state index contributed by atoms with van der Waals surface area (Å²) in [5.74, 6) is 0.0591. The van der Waals surface area contributed by atoms with Crippen molar-refractivity contribution >= 4 is 11.6 Å². The van der Waals surface area contributed by atoms with Gasteiger partial charge in [0.05, 0.1) is 12.0 Å². The molecule has 10 heavy (non-hydrogen) atoms. The Morgan fingerprint density at radius 1 is 1.40 bits per heavy atom. The smallest absolute Gasteiger partial charge is 0.163 e. The summed E-state index contributed by atoms with van der Waals surface area (Å²) in [5.41, 5.74) is 0. The third kappa shape index (κ3) is 1.62. The molecule has 1 saturated heterocycles. The zero-order valence-corrected chi connectivity index (χ0v) is 7.31. The van der Waals surface area contributed by atoms with Gasteiger partial charge in [-0.2, -0.15) is 0 Å². The van der Waals surface area contributed by atoms with Crippen LogP contribution >= 0.6 is 11.6 Å². The van der Waals surface area contributed by atoms with Gasteiger partial charge in [-0.15, -0.1) is 11.6 Å². The third-order valence-corrected chi connectivity index (χ3v) is 1.88. The lowest BCUT2D eigenvalue weighted by Gasteiger charge is -2.15. The molecule has 2 nitrogen and oxygen atoms in total. The molecule has 3 heteroatoms. The molecule has 0 amide bonds. The standard InChI is InChI=1S/C7H13ClO2/c1-5-6(4-8)10-7(2,3)9-5/h5-6H,4H2,1-3H3/t5-,6+/m0/s1. The fraction of sp³-hybridized carbons (Fsp3) is 1.00. The molecule has 0 bridgehead atoms. The van der Waals surface area contributed by atoms with E-state index < -0.39 is 5.79 Å². The Hall–Kier alpha value is 0.210. The first-order valence-electron chi connectivity index (χ1n) is 3.47. The Labute approximate surface area is 66.5 Å². The van der Waals surface area contributed by atoms with Crippen LogP contribution in [0.15, 0.2) is 0 Å². The molecule has 1 aliphatic heterocycles. The maximum atomic E-state index is 5.62. The summed E-state index contributed by atoms with van der Waals surface area (Å²) in [6.45, 7) is 5.77. The number of hydrogen-bond acceptors (Lipinski definition) is 2. The van der Waals surface area contributed by atoms with Gasteiger partial charge in [-0.05, 0) is 20.8 Å². The second kappa shape index (κ2) is 2.68. The predicted octanol–water partition coefficient (Wildman–Crippen LogP) is 1.77. The molecule has 2 atom stereocenters. The molecule has 0 saturated carbocycles. The fourth-order valence-corrected chi connectivity index (χ4v) is 1.48. The number of rotatable bonds is 1. The summed E-state index contributed by atoms with van der Waals surface area (Å²) >= 11 is 5.62. The lowest BCUT2D eigenvalue weighted by atomic mass is 10.3. The molecule has 1 heterocycles. The molecule has 1 fully saturated rings. The normalized spacial score (nSPS) is 38.4. The molecule has 0 aromatic heterocycles. The lowest BCUT2D eigenvalue weighted by molar-refractivity contribution is -0.143. The van der Waals surface area contributed by atoms with Crippen molar-refractivity contribution in [2.45, 2.75) is 38.8 Å². The van der Waals surface area contributed by atoms with Crippen molar-refractivity contribution in [3.63, 3.8) is 0 Å². The number of hydrogen-bond donors (Lipinski definition) is 0. The lowest BCUT2D eigenvalue weighted by Crippen LogP contribution is -2.22. The molecule has 0 unspecified atom stereocenters. The van der Waals surface area contributed by atoms with E-state index in [1.54, 1.807) is 0 Å². The largest absolute Gasteiger partial charge is 0.345 e. The summed E-state index contributed by atoms with van der Waals surface area (Å²) in [6.07, 6.45) is 0.171. The van der Waals surface area contributed by atoms with E-state index in [2.05, 4.69) is 0 Å². The molecule has 0 radical (unpaired) electrons. The van der Waals surface area contributed by atoms with Gasteiger partial charge in [-0.1, -0.05) is 0 Å². The molecule has 1 aliphatic rings. The zero-order chi connectivity index (χ0) is 7.78. The van der Waals surface area contributed by atoms with Gasteiger partial charge in [0.15, 0.2) is 5.79 Å². The molecule has 0 aliphatic carbocycles. The van der Waals surface area contributed by atoms with Gasteiger partial charge >= 0.3 is 0 Å². The van der Waals surface area contributed by atoms with E-state index in [-0.39, 0.29) is 12.2 Å². The summed E-state index contributed by atoms with van der Waals surface area (Å²) in [4.78, 5) is 0. The van der Waals surface area contributed by atoms with E-state index in [1.807, 2.05) is 20.8 Å². The quantitative estimate of drug-likeness (QED) is 0.550. The summed E-state index contributed by atoms with van der Waals surface area (Å²) in [5, 5.41) is 0. The number of halogens is 1. The van der Waals surface area contributed by atoms with Crippen molar-refractivity contribution < 1.29 is 9.47 Å². The highest BCUT2D eigenvalue weighted by molar-refractivity contribution is 6.18. The van der Waals surface area contributed by atoms with Gasteiger partial charge in [-0.25, -0.2) is 0 Å². The first-order chi connectivity index (χ1) is 4.55. The molecule has 0 aromatic carbocycles. The first kappa shape index (κ1) is 8.31. The average molecular weight is 165 g/mol. The van der Waals surface area contributed by atoms with E-state index in [4.69, 9.17) is 21.1 Å². The predicted molar refractivity (Wildman–Crippen MR) is 40.2 cm³/mol. The van der Waals surface area contributed by atoms with Crippen LogP contribution in [0.3, 0.4) is 0 Å². The van der Waals surface area contributed by atoms with Gasteiger partial charge in [0.1, 0.15) is 6.10 Å². The van der Waals surface area contributed by atoms with Gasteiger partial charge in [-0.3, -0.25) is 0 Å². The van der Waals surface area contributed by atoms with Crippen molar-refractivity contribution in [2.24, 2.45) is 0 Å². The minimum atomic E-state index is -0.445. The minimum Gasteiger partial charge on any atom is -0.345 e. The molecule has 0 aromatic rings. The fourth-order valence-electron chi connectivity index (χ4n) is 1.17. The van der Waals surface area contributed by atoms with E-state index in [0.717, 1.165) is 0 Å². The topological polar surface area (TPSA) is 18.5 Å². The highest BCUT2D eigenvalue weighted by Crippen LogP contribution is 2.28. The second-order valence-corrected chi connectivity index (χ2v) is 3.34. The van der Waals surface area contributed by atoms with Crippen molar-refractivity contribution in [1.29, 1.82) is 0 Å². The Balaban J connectivity index is 2.52. The molecule has 60 valence electrons. The van der Waals surface area contributed by atoms with Crippen LogP contribution in [0.4, 0.5) is 0 Å². The third-order valence-electron chi connectivity index (χ3n) is 1.58. The van der Waals surface area contributed by atoms with Crippen LogP contribution in [0.2, 0.25) is 0 Å². The molecular formula is C7H13ClO2. The highest BCUT2D eigenvalue weighted by Gasteiger charge is 2.37. The van der Waals surface area contributed by atoms with Gasteiger partial charge in [0, 0.05) is 0 Å². The van der Waals surface area contributed by atoms with E-state index in [0.29, 0.717) is 5.88 Å². The van der Waals surface area contributed by atoms with Gasteiger partial charge in [0.2, 0.25) is 0 Å². The SMILES string of the molecule is C[C@@H]1OC(C)(C)O[C@@H]1CCl. The number of ether oxygens (including phenoxy) is 2. The van der Waals surface area contributed by atoms with Crippen LogP contribution in [-0.4, -0.2) is 23.9 Å². The van der Waals surface area contributed by atoms with Crippen LogP contribution in [0, 0.1) is 0 Å². The van der Waals surface area contributed by atoms with E-state index in [1.165, 1.54) is 0 Å². The van der Waals surface area contributed by atoms with Crippen LogP contribution in [0.25, 0.3) is 0 Å². The Kier molecular flexibility index (Phi) is 2.23. The second-order valence-electron chi connectivity index (χ2n) is 3.03. The summed E-state index contributed by atoms with van der Waals surface area (Å²) < 4.78 is 10.9. The zero-order valence-electron chi connectivity index (χ0n) is 6.56. The number of alkyl halides is 1. The van der Waals surface area contributed by atoms with E-state index >= 15 is 0 Å². The Morgan fingerprint density at radius 3 is 2.20 bits per heavy atom. The van der Waals surface area contributed by atoms with Crippen molar-refractivity contribution in [2.75, 3.05) is 5.88 Å². The maximum absolute atomic E-state index is 5.62. The minimum absolute atomic E-state index is 0.0525. The van der Waals surface area contributed by atoms with Crippen LogP contribution in [0.1, 0.15) is 20.8 Å². The van der Waals surface area contributed by atoms with E-state index in [9.17, 15) is 0 Å². The van der Waals surface area contributed by atoms with Crippen molar-refractivity contribution in [1.82, 2.24) is 0 Å². The first-order valence-corrected chi connectivity index (χ1v) is 4.00. The Bertz CT molecular complexity index is 125. The molecule has 0 N–H and O–H groups in total. The van der Waals surface area contributed by atoms with Crippen LogP contribution in [-0.2, 0) is 9.47 Å². The monoisotopic (exact) mass is 164 g/mol. The summed E-state index contributed by atoms with van der Waals surface area (Å²) in [7, 11) is 0.